The van der Waals surface area contributed by atoms with Crippen LogP contribution in [0.5, 0.6) is 0 Å². The van der Waals surface area contributed by atoms with Gasteiger partial charge in [0.15, 0.2) is 0 Å². The van der Waals surface area contributed by atoms with E-state index in [2.05, 4.69) is 20.8 Å². The minimum Gasteiger partial charge on any atom is -0.481 e. The molecule has 0 spiro atoms. The van der Waals surface area contributed by atoms with Crippen molar-refractivity contribution in [2.45, 2.75) is 96.9 Å². The highest BCUT2D eigenvalue weighted by Crippen LogP contribution is 2.68. The van der Waals surface area contributed by atoms with Gasteiger partial charge in [-0.05, 0) is 97.7 Å². The number of nitrogens with two attached hydrogens (primary N) is 1. The van der Waals surface area contributed by atoms with Crippen molar-refractivity contribution in [2.75, 3.05) is 13.2 Å². The smallest absolute Gasteiger partial charge is 0.303 e. The molecule has 184 valence electrons. The summed E-state index contributed by atoms with van der Waals surface area (Å²) in [6.45, 7) is 7.97. The fraction of sp³-hybridized carbons (Fsp3) is 0.962. The number of rotatable bonds is 7. The molecule has 6 heteroatoms. The van der Waals surface area contributed by atoms with Crippen LogP contribution in [0.4, 0.5) is 0 Å². The van der Waals surface area contributed by atoms with E-state index in [-0.39, 0.29) is 47.4 Å². The third kappa shape index (κ3) is 3.93. The lowest BCUT2D eigenvalue weighted by molar-refractivity contribution is -0.209. The fourth-order valence-corrected chi connectivity index (χ4v) is 9.05. The first-order valence-electron chi connectivity index (χ1n) is 13.0. The molecule has 0 aromatic heterocycles. The first-order valence-corrected chi connectivity index (χ1v) is 13.0. The number of carboxylic acid groups (broad SMARTS) is 1. The summed E-state index contributed by atoms with van der Waals surface area (Å²) in [6.07, 6.45) is 7.18. The van der Waals surface area contributed by atoms with Crippen LogP contribution in [0, 0.1) is 46.3 Å². The van der Waals surface area contributed by atoms with Gasteiger partial charge in [-0.2, -0.15) is 0 Å². The van der Waals surface area contributed by atoms with Crippen LogP contribution in [0.3, 0.4) is 0 Å². The number of fused-ring (bicyclic) bond motifs is 5. The molecular weight excluding hydrogens is 406 g/mol. The van der Waals surface area contributed by atoms with Crippen molar-refractivity contribution in [3.8, 4) is 0 Å². The Hall–Kier alpha value is -0.690. The Kier molecular flexibility index (Phi) is 7.00. The molecule has 11 atom stereocenters. The standard InChI is InChI=1S/C26H45NO5/c1-15(4-7-23(30)31)18-5-6-19-24-20(14-22(29)26(18,19)3)25(2)9-8-17(32-11-10-27)12-16(25)13-21(24)28/h15-22,24,28-29H,4-14,27H2,1-3H3,(H,30,31). The highest BCUT2D eigenvalue weighted by atomic mass is 16.5. The zero-order valence-corrected chi connectivity index (χ0v) is 20.2. The predicted molar refractivity (Wildman–Crippen MR) is 123 cm³/mol. The number of aliphatic carboxylic acids is 1. The van der Waals surface area contributed by atoms with Crippen LogP contribution < -0.4 is 5.73 Å². The van der Waals surface area contributed by atoms with Crippen molar-refractivity contribution in [1.82, 2.24) is 0 Å². The van der Waals surface area contributed by atoms with E-state index in [1.165, 1.54) is 0 Å². The van der Waals surface area contributed by atoms with Crippen molar-refractivity contribution in [3.63, 3.8) is 0 Å². The van der Waals surface area contributed by atoms with E-state index in [0.717, 1.165) is 44.9 Å². The van der Waals surface area contributed by atoms with Gasteiger partial charge in [-0.1, -0.05) is 20.8 Å². The van der Waals surface area contributed by atoms with Crippen LogP contribution in [0.15, 0.2) is 0 Å². The molecule has 11 unspecified atom stereocenters. The van der Waals surface area contributed by atoms with Gasteiger partial charge < -0.3 is 25.8 Å². The van der Waals surface area contributed by atoms with Crippen LogP contribution >= 0.6 is 0 Å². The molecule has 4 aliphatic carbocycles. The van der Waals surface area contributed by atoms with Crippen LogP contribution in [-0.4, -0.2) is 52.8 Å². The minimum atomic E-state index is -0.742. The molecule has 32 heavy (non-hydrogen) atoms. The summed E-state index contributed by atoms with van der Waals surface area (Å²) in [5, 5.41) is 32.2. The molecule has 4 aliphatic rings. The van der Waals surface area contributed by atoms with E-state index in [9.17, 15) is 15.0 Å². The summed E-state index contributed by atoms with van der Waals surface area (Å²) < 4.78 is 5.99. The molecule has 6 nitrogen and oxygen atoms in total. The SMILES string of the molecule is CC(CCC(=O)O)C1CCC2C3C(O)CC4CC(OCCN)CCC4(C)C3CC(O)C12C. The Morgan fingerprint density at radius 2 is 1.88 bits per heavy atom. The lowest BCUT2D eigenvalue weighted by Crippen LogP contribution is -2.62. The number of carboxylic acids is 1. The van der Waals surface area contributed by atoms with E-state index < -0.39 is 5.97 Å². The van der Waals surface area contributed by atoms with Gasteiger partial charge in [0.25, 0.3) is 0 Å². The molecule has 0 heterocycles. The average Bonchev–Trinajstić information content (AvgIpc) is 3.10. The minimum absolute atomic E-state index is 0.141. The molecule has 4 rings (SSSR count). The van der Waals surface area contributed by atoms with Crippen molar-refractivity contribution in [3.05, 3.63) is 0 Å². The molecule has 0 aromatic rings. The van der Waals surface area contributed by atoms with Gasteiger partial charge in [0, 0.05) is 13.0 Å². The lowest BCUT2D eigenvalue weighted by atomic mass is 9.43. The summed E-state index contributed by atoms with van der Waals surface area (Å²) in [6, 6.07) is 0. The van der Waals surface area contributed by atoms with E-state index in [1.54, 1.807) is 0 Å². The monoisotopic (exact) mass is 451 g/mol. The second kappa shape index (κ2) is 9.16. The van der Waals surface area contributed by atoms with Crippen LogP contribution in [0.25, 0.3) is 0 Å². The van der Waals surface area contributed by atoms with Crippen molar-refractivity contribution >= 4 is 5.97 Å². The maximum atomic E-state index is 11.6. The summed E-state index contributed by atoms with van der Waals surface area (Å²) in [5.74, 6) is 1.17. The molecule has 0 radical (unpaired) electrons. The Morgan fingerprint density at radius 3 is 2.56 bits per heavy atom. The second-order valence-corrected chi connectivity index (χ2v) is 12.1. The van der Waals surface area contributed by atoms with Crippen molar-refractivity contribution in [1.29, 1.82) is 0 Å². The molecular formula is C26H45NO5. The van der Waals surface area contributed by atoms with Crippen LogP contribution in [-0.2, 0) is 9.53 Å². The van der Waals surface area contributed by atoms with Gasteiger partial charge >= 0.3 is 5.97 Å². The van der Waals surface area contributed by atoms with Gasteiger partial charge in [0.05, 0.1) is 24.9 Å². The van der Waals surface area contributed by atoms with E-state index in [4.69, 9.17) is 15.6 Å². The first kappa shape index (κ1) is 24.4. The van der Waals surface area contributed by atoms with E-state index >= 15 is 0 Å². The van der Waals surface area contributed by atoms with Gasteiger partial charge in [0.2, 0.25) is 0 Å². The van der Waals surface area contributed by atoms with Gasteiger partial charge in [-0.3, -0.25) is 4.79 Å². The Labute approximate surface area is 193 Å². The van der Waals surface area contributed by atoms with Gasteiger partial charge in [0.1, 0.15) is 0 Å². The second-order valence-electron chi connectivity index (χ2n) is 12.1. The van der Waals surface area contributed by atoms with Crippen molar-refractivity contribution < 1.29 is 24.9 Å². The Bertz CT molecular complexity index is 687. The summed E-state index contributed by atoms with van der Waals surface area (Å²) in [7, 11) is 0. The molecule has 0 saturated heterocycles. The highest BCUT2D eigenvalue weighted by molar-refractivity contribution is 5.66. The largest absolute Gasteiger partial charge is 0.481 e. The van der Waals surface area contributed by atoms with Gasteiger partial charge in [-0.25, -0.2) is 0 Å². The number of aliphatic hydroxyl groups excluding tert-OH is 2. The molecule has 4 fully saturated rings. The molecule has 5 N–H and O–H groups in total. The zero-order chi connectivity index (χ0) is 23.3. The van der Waals surface area contributed by atoms with E-state index in [0.29, 0.717) is 43.2 Å². The predicted octanol–water partition coefficient (Wildman–Crippen LogP) is 3.43. The first-order chi connectivity index (χ1) is 15.1. The van der Waals surface area contributed by atoms with E-state index in [1.807, 2.05) is 0 Å². The normalized spacial score (nSPS) is 49.1. The average molecular weight is 452 g/mol. The van der Waals surface area contributed by atoms with Crippen LogP contribution in [0.2, 0.25) is 0 Å². The Morgan fingerprint density at radius 1 is 1.12 bits per heavy atom. The maximum absolute atomic E-state index is 11.6. The highest BCUT2D eigenvalue weighted by Gasteiger charge is 2.65. The van der Waals surface area contributed by atoms with Crippen LogP contribution in [0.1, 0.15) is 78.6 Å². The summed E-state index contributed by atoms with van der Waals surface area (Å²) in [5.41, 5.74) is 5.54. The number of hydrogen-bond donors (Lipinski definition) is 4. The summed E-state index contributed by atoms with van der Waals surface area (Å²) in [4.78, 5) is 11.1. The molecule has 4 saturated carbocycles. The maximum Gasteiger partial charge on any atom is 0.303 e. The lowest BCUT2D eigenvalue weighted by Gasteiger charge is -2.63. The summed E-state index contributed by atoms with van der Waals surface area (Å²) >= 11 is 0. The molecule has 0 amide bonds. The van der Waals surface area contributed by atoms with Crippen molar-refractivity contribution in [2.24, 2.45) is 52.1 Å². The third-order valence-corrected chi connectivity index (χ3v) is 10.8. The molecule has 0 aromatic carbocycles. The zero-order valence-electron chi connectivity index (χ0n) is 20.2. The quantitative estimate of drug-likeness (QED) is 0.472. The molecule has 0 aliphatic heterocycles. The topological polar surface area (TPSA) is 113 Å². The number of hydrogen-bond acceptors (Lipinski definition) is 5. The molecule has 0 bridgehead atoms. The number of aliphatic hydroxyl groups is 2. The Balaban J connectivity index is 1.54. The number of carbonyl (C=O) groups is 1. The third-order valence-electron chi connectivity index (χ3n) is 10.8. The van der Waals surface area contributed by atoms with Gasteiger partial charge in [-0.15, -0.1) is 0 Å². The number of ether oxygens (including phenoxy) is 1. The fourth-order valence-electron chi connectivity index (χ4n) is 9.05.